The smallest absolute Gasteiger partial charge is 0.122 e. The van der Waals surface area contributed by atoms with Crippen molar-refractivity contribution in [1.29, 1.82) is 5.41 Å². The molecule has 2 aromatic rings. The minimum Gasteiger partial charge on any atom is -0.384 e. The molecule has 1 aliphatic heterocycles. The van der Waals surface area contributed by atoms with E-state index in [9.17, 15) is 0 Å². The van der Waals surface area contributed by atoms with Crippen molar-refractivity contribution in [2.45, 2.75) is 13.0 Å². The summed E-state index contributed by atoms with van der Waals surface area (Å²) in [5.74, 6) is 0.131. The molecule has 4 N–H and O–H groups in total. The molecule has 0 aliphatic carbocycles. The van der Waals surface area contributed by atoms with Crippen molar-refractivity contribution in [3.05, 3.63) is 35.0 Å². The van der Waals surface area contributed by atoms with E-state index in [1.807, 2.05) is 18.2 Å². The molecule has 0 atom stereocenters. The summed E-state index contributed by atoms with van der Waals surface area (Å²) in [4.78, 5) is 5.78. The number of nitrogens with one attached hydrogen (secondary N) is 2. The SMILES string of the molecule is CN1CCc2[nH]c3ccc(C(=N)N)cc3c2C1. The number of hydrogen-bond donors (Lipinski definition) is 3. The third-order valence-corrected chi connectivity index (χ3v) is 3.48. The van der Waals surface area contributed by atoms with E-state index in [1.54, 1.807) is 0 Å². The highest BCUT2D eigenvalue weighted by Crippen LogP contribution is 2.27. The van der Waals surface area contributed by atoms with Crippen molar-refractivity contribution in [2.24, 2.45) is 5.73 Å². The molecular formula is C13H16N4. The summed E-state index contributed by atoms with van der Waals surface area (Å²) >= 11 is 0. The van der Waals surface area contributed by atoms with Gasteiger partial charge in [0.1, 0.15) is 5.84 Å². The van der Waals surface area contributed by atoms with Gasteiger partial charge >= 0.3 is 0 Å². The molecule has 17 heavy (non-hydrogen) atoms. The van der Waals surface area contributed by atoms with E-state index in [1.165, 1.54) is 16.6 Å². The van der Waals surface area contributed by atoms with Crippen LogP contribution in [0.3, 0.4) is 0 Å². The van der Waals surface area contributed by atoms with E-state index in [2.05, 4.69) is 16.9 Å². The molecule has 1 aromatic carbocycles. The molecule has 2 heterocycles. The second-order valence-corrected chi connectivity index (χ2v) is 4.74. The maximum Gasteiger partial charge on any atom is 0.122 e. The fraction of sp³-hybridized carbons (Fsp3) is 0.308. The summed E-state index contributed by atoms with van der Waals surface area (Å²) in [5, 5.41) is 8.71. The van der Waals surface area contributed by atoms with Crippen LogP contribution in [0.25, 0.3) is 10.9 Å². The molecule has 4 nitrogen and oxygen atoms in total. The fourth-order valence-corrected chi connectivity index (χ4v) is 2.52. The number of nitrogens with zero attached hydrogens (tertiary/aromatic N) is 1. The first-order valence-electron chi connectivity index (χ1n) is 5.81. The maximum atomic E-state index is 7.50. The molecule has 0 fully saturated rings. The molecule has 1 aromatic heterocycles. The van der Waals surface area contributed by atoms with Gasteiger partial charge in [0.15, 0.2) is 0 Å². The number of aromatic amines is 1. The van der Waals surface area contributed by atoms with Crippen LogP contribution in [0, 0.1) is 5.41 Å². The molecule has 0 amide bonds. The van der Waals surface area contributed by atoms with Crippen LogP contribution >= 0.6 is 0 Å². The molecule has 4 heteroatoms. The topological polar surface area (TPSA) is 68.9 Å². The van der Waals surface area contributed by atoms with Crippen LogP contribution in [0.15, 0.2) is 18.2 Å². The summed E-state index contributed by atoms with van der Waals surface area (Å²) < 4.78 is 0. The summed E-state index contributed by atoms with van der Waals surface area (Å²) in [5.41, 5.74) is 10.2. The van der Waals surface area contributed by atoms with Gasteiger partial charge in [0.05, 0.1) is 0 Å². The zero-order valence-electron chi connectivity index (χ0n) is 9.88. The largest absolute Gasteiger partial charge is 0.384 e. The summed E-state index contributed by atoms with van der Waals surface area (Å²) in [6.07, 6.45) is 1.07. The second-order valence-electron chi connectivity index (χ2n) is 4.74. The van der Waals surface area contributed by atoms with Crippen molar-refractivity contribution < 1.29 is 0 Å². The minimum atomic E-state index is 0.131. The summed E-state index contributed by atoms with van der Waals surface area (Å²) in [7, 11) is 2.14. The van der Waals surface area contributed by atoms with E-state index in [4.69, 9.17) is 11.1 Å². The lowest BCUT2D eigenvalue weighted by molar-refractivity contribution is 0.313. The molecule has 88 valence electrons. The normalized spacial score (nSPS) is 16.1. The molecule has 0 saturated carbocycles. The number of H-pyrrole nitrogens is 1. The Labute approximate surface area is 99.9 Å². The number of nitrogens with two attached hydrogens (primary N) is 1. The lowest BCUT2D eigenvalue weighted by atomic mass is 10.0. The Kier molecular flexibility index (Phi) is 2.19. The van der Waals surface area contributed by atoms with Gasteiger partial charge in [0.2, 0.25) is 0 Å². The molecule has 0 saturated heterocycles. The Bertz CT molecular complexity index is 597. The Morgan fingerprint density at radius 2 is 2.29 bits per heavy atom. The molecule has 1 aliphatic rings. The number of hydrogen-bond acceptors (Lipinski definition) is 2. The monoisotopic (exact) mass is 228 g/mol. The van der Waals surface area contributed by atoms with Crippen LogP contribution in [0.1, 0.15) is 16.8 Å². The van der Waals surface area contributed by atoms with Gasteiger partial charge in [-0.3, -0.25) is 5.41 Å². The Balaban J connectivity index is 2.21. The van der Waals surface area contributed by atoms with Crippen LogP contribution in [0.5, 0.6) is 0 Å². The first-order chi connectivity index (χ1) is 8.15. The predicted octanol–water partition coefficient (Wildman–Crippen LogP) is 1.44. The van der Waals surface area contributed by atoms with Gasteiger partial charge in [-0.2, -0.15) is 0 Å². The molecule has 0 bridgehead atoms. The van der Waals surface area contributed by atoms with Gasteiger partial charge < -0.3 is 15.6 Å². The molecule has 0 radical (unpaired) electrons. The number of amidine groups is 1. The van der Waals surface area contributed by atoms with E-state index in [0.29, 0.717) is 0 Å². The molecule has 0 unspecified atom stereocenters. The van der Waals surface area contributed by atoms with Gasteiger partial charge in [-0.25, -0.2) is 0 Å². The van der Waals surface area contributed by atoms with Crippen molar-refractivity contribution in [1.82, 2.24) is 9.88 Å². The first kappa shape index (κ1) is 10.4. The van der Waals surface area contributed by atoms with E-state index in [-0.39, 0.29) is 5.84 Å². The highest BCUT2D eigenvalue weighted by Gasteiger charge is 2.18. The lowest BCUT2D eigenvalue weighted by Gasteiger charge is -2.22. The second kappa shape index (κ2) is 3.60. The third-order valence-electron chi connectivity index (χ3n) is 3.48. The quantitative estimate of drug-likeness (QED) is 0.510. The van der Waals surface area contributed by atoms with Gasteiger partial charge in [0.25, 0.3) is 0 Å². The van der Waals surface area contributed by atoms with Gasteiger partial charge in [0, 0.05) is 41.7 Å². The average Bonchev–Trinajstić information content (AvgIpc) is 2.66. The number of fused-ring (bicyclic) bond motifs is 3. The number of benzene rings is 1. The minimum absolute atomic E-state index is 0.131. The number of rotatable bonds is 1. The molecule has 0 spiro atoms. The van der Waals surface area contributed by atoms with Crippen LogP contribution in [-0.4, -0.2) is 29.3 Å². The number of aromatic nitrogens is 1. The van der Waals surface area contributed by atoms with Gasteiger partial charge in [-0.15, -0.1) is 0 Å². The molecular weight excluding hydrogens is 212 g/mol. The third kappa shape index (κ3) is 1.61. The van der Waals surface area contributed by atoms with E-state index < -0.39 is 0 Å². The van der Waals surface area contributed by atoms with Crippen LogP contribution in [0.2, 0.25) is 0 Å². The number of likely N-dealkylation sites (N-methyl/N-ethyl adjacent to an activating group) is 1. The summed E-state index contributed by atoms with van der Waals surface area (Å²) in [6, 6.07) is 5.94. The Morgan fingerprint density at radius 3 is 3.06 bits per heavy atom. The predicted molar refractivity (Wildman–Crippen MR) is 69.4 cm³/mol. The highest BCUT2D eigenvalue weighted by molar-refractivity contribution is 5.99. The van der Waals surface area contributed by atoms with Crippen LogP contribution < -0.4 is 5.73 Å². The lowest BCUT2D eigenvalue weighted by Crippen LogP contribution is -2.26. The van der Waals surface area contributed by atoms with Gasteiger partial charge in [-0.1, -0.05) is 0 Å². The number of nitrogen functional groups attached to an aromatic ring is 1. The molecule has 3 rings (SSSR count). The van der Waals surface area contributed by atoms with Crippen molar-refractivity contribution >= 4 is 16.7 Å². The Morgan fingerprint density at radius 1 is 1.47 bits per heavy atom. The first-order valence-corrected chi connectivity index (χ1v) is 5.81. The highest BCUT2D eigenvalue weighted by atomic mass is 15.1. The zero-order valence-corrected chi connectivity index (χ0v) is 9.88. The van der Waals surface area contributed by atoms with Crippen molar-refractivity contribution in [3.8, 4) is 0 Å². The van der Waals surface area contributed by atoms with E-state index >= 15 is 0 Å². The standard InChI is InChI=1S/C13H16N4/c1-17-5-4-12-10(7-17)9-6-8(13(14)15)2-3-11(9)16-12/h2-3,6,16H,4-5,7H2,1H3,(H3,14,15). The van der Waals surface area contributed by atoms with Crippen molar-refractivity contribution in [2.75, 3.05) is 13.6 Å². The average molecular weight is 228 g/mol. The van der Waals surface area contributed by atoms with E-state index in [0.717, 1.165) is 30.6 Å². The van der Waals surface area contributed by atoms with Gasteiger partial charge in [-0.05, 0) is 30.8 Å². The van der Waals surface area contributed by atoms with Crippen LogP contribution in [-0.2, 0) is 13.0 Å². The van der Waals surface area contributed by atoms with Crippen molar-refractivity contribution in [3.63, 3.8) is 0 Å². The maximum absolute atomic E-state index is 7.50. The zero-order chi connectivity index (χ0) is 12.0. The Hall–Kier alpha value is -1.81. The fourth-order valence-electron chi connectivity index (χ4n) is 2.52. The summed E-state index contributed by atoms with van der Waals surface area (Å²) in [6.45, 7) is 2.07. The van der Waals surface area contributed by atoms with Crippen LogP contribution in [0.4, 0.5) is 0 Å².